The Hall–Kier alpha value is -4.03. The Bertz CT molecular complexity index is 1230. The van der Waals surface area contributed by atoms with Gasteiger partial charge in [0.15, 0.2) is 0 Å². The fourth-order valence-electron chi connectivity index (χ4n) is 4.52. The lowest BCUT2D eigenvalue weighted by Crippen LogP contribution is -2.48. The van der Waals surface area contributed by atoms with Gasteiger partial charge in [0.1, 0.15) is 17.7 Å². The Balaban J connectivity index is 1.82. The van der Waals surface area contributed by atoms with Crippen LogP contribution in [0.25, 0.3) is 10.4 Å². The molecule has 0 spiro atoms. The zero-order valence-corrected chi connectivity index (χ0v) is 18.2. The van der Waals surface area contributed by atoms with Crippen molar-refractivity contribution in [3.63, 3.8) is 0 Å². The third kappa shape index (κ3) is 4.82. The molecule has 3 aromatic carbocycles. The molecule has 4 rings (SSSR count). The summed E-state index contributed by atoms with van der Waals surface area (Å²) in [6.07, 6.45) is 1.39. The molecule has 172 valence electrons. The van der Waals surface area contributed by atoms with Gasteiger partial charge in [-0.3, -0.25) is 14.5 Å². The van der Waals surface area contributed by atoms with Crippen LogP contribution < -0.4 is 0 Å². The van der Waals surface area contributed by atoms with Crippen LogP contribution in [0.15, 0.2) is 84.0 Å². The number of halogens is 2. The van der Waals surface area contributed by atoms with Crippen molar-refractivity contribution in [3.8, 4) is 0 Å². The lowest BCUT2D eigenvalue weighted by molar-refractivity contribution is -0.151. The molecule has 0 radical (unpaired) electrons. The number of hydrogen-bond donors (Lipinski definition) is 0. The van der Waals surface area contributed by atoms with Gasteiger partial charge in [-0.25, -0.2) is 8.78 Å². The molecule has 0 aromatic heterocycles. The fraction of sp³-hybridized carbons (Fsp3) is 0.231. The molecule has 0 N–H and O–H groups in total. The smallest absolute Gasteiger partial charge is 0.239 e. The minimum Gasteiger partial charge on any atom is -0.275 e. The zero-order valence-electron chi connectivity index (χ0n) is 18.2. The van der Waals surface area contributed by atoms with Crippen molar-refractivity contribution in [3.05, 3.63) is 118 Å². The molecule has 0 unspecified atom stereocenters. The van der Waals surface area contributed by atoms with E-state index in [0.717, 1.165) is 5.56 Å². The van der Waals surface area contributed by atoms with Gasteiger partial charge < -0.3 is 0 Å². The number of rotatable bonds is 6. The Kier molecular flexibility index (Phi) is 6.99. The lowest BCUT2D eigenvalue weighted by atomic mass is 9.83. The first-order chi connectivity index (χ1) is 16.5. The summed E-state index contributed by atoms with van der Waals surface area (Å²) in [4.78, 5) is 30.9. The van der Waals surface area contributed by atoms with E-state index in [0.29, 0.717) is 24.0 Å². The van der Waals surface area contributed by atoms with E-state index in [9.17, 15) is 23.9 Å². The maximum atomic E-state index is 14.1. The summed E-state index contributed by atoms with van der Waals surface area (Å²) in [5, 5.41) is 3.79. The van der Waals surface area contributed by atoms with Crippen molar-refractivity contribution in [2.75, 3.05) is 0 Å². The van der Waals surface area contributed by atoms with Gasteiger partial charge in [0.25, 0.3) is 0 Å². The number of carbonyl (C=O) groups is 2. The summed E-state index contributed by atoms with van der Waals surface area (Å²) in [5.41, 5.74) is 11.0. The Morgan fingerprint density at radius 2 is 1.71 bits per heavy atom. The second-order valence-corrected chi connectivity index (χ2v) is 8.15. The molecule has 2 amide bonds. The number of benzene rings is 3. The maximum absolute atomic E-state index is 14.1. The molecule has 8 heteroatoms. The summed E-state index contributed by atoms with van der Waals surface area (Å²) in [5.74, 6) is -2.97. The minimum absolute atomic E-state index is 0.194. The number of azide groups is 1. The summed E-state index contributed by atoms with van der Waals surface area (Å²) in [6, 6.07) is 18.3. The van der Waals surface area contributed by atoms with Gasteiger partial charge in [0, 0.05) is 17.3 Å². The number of likely N-dealkylation sites (tertiary alicyclic amines) is 1. The molecule has 1 heterocycles. The van der Waals surface area contributed by atoms with Crippen LogP contribution >= 0.6 is 0 Å². The predicted molar refractivity (Wildman–Crippen MR) is 122 cm³/mol. The van der Waals surface area contributed by atoms with Crippen LogP contribution in [0.5, 0.6) is 0 Å². The maximum Gasteiger partial charge on any atom is 0.239 e. The molecule has 34 heavy (non-hydrogen) atoms. The van der Waals surface area contributed by atoms with Gasteiger partial charge in [-0.05, 0) is 59.3 Å². The minimum atomic E-state index is -1.38. The van der Waals surface area contributed by atoms with Gasteiger partial charge in [-0.2, -0.15) is 0 Å². The number of imide groups is 1. The molecular weight excluding hydrogens is 438 g/mol. The molecule has 0 bridgehead atoms. The molecule has 3 aromatic rings. The molecule has 1 fully saturated rings. The highest BCUT2D eigenvalue weighted by Crippen LogP contribution is 2.37. The van der Waals surface area contributed by atoms with E-state index in [1.807, 2.05) is 30.3 Å². The fourth-order valence-corrected chi connectivity index (χ4v) is 4.52. The van der Waals surface area contributed by atoms with Gasteiger partial charge in [0.2, 0.25) is 11.8 Å². The third-order valence-electron chi connectivity index (χ3n) is 6.05. The summed E-state index contributed by atoms with van der Waals surface area (Å²) in [6.45, 7) is 0. The number of nitrogens with zero attached hydrogens (tertiary/aromatic N) is 4. The summed E-state index contributed by atoms with van der Waals surface area (Å²) >= 11 is 0. The van der Waals surface area contributed by atoms with Crippen LogP contribution in [-0.2, 0) is 9.59 Å². The molecule has 0 saturated carbocycles. The molecule has 3 atom stereocenters. The van der Waals surface area contributed by atoms with Crippen molar-refractivity contribution in [2.24, 2.45) is 5.11 Å². The van der Waals surface area contributed by atoms with E-state index >= 15 is 0 Å². The summed E-state index contributed by atoms with van der Waals surface area (Å²) in [7, 11) is 0. The Morgan fingerprint density at radius 1 is 0.971 bits per heavy atom. The van der Waals surface area contributed by atoms with E-state index < -0.39 is 35.5 Å². The van der Waals surface area contributed by atoms with E-state index in [-0.39, 0.29) is 12.3 Å². The van der Waals surface area contributed by atoms with Gasteiger partial charge in [-0.15, -0.1) is 0 Å². The number of carbonyl (C=O) groups excluding carboxylic acids is 2. The second kappa shape index (κ2) is 10.3. The van der Waals surface area contributed by atoms with Crippen LogP contribution in [0.2, 0.25) is 0 Å². The number of hydrogen-bond acceptors (Lipinski definition) is 3. The highest BCUT2D eigenvalue weighted by atomic mass is 19.1. The number of piperidine rings is 1. The molecule has 1 aliphatic rings. The number of amides is 2. The Labute approximate surface area is 195 Å². The normalized spacial score (nSPS) is 17.5. The molecule has 6 nitrogen and oxygen atoms in total. The van der Waals surface area contributed by atoms with Crippen molar-refractivity contribution in [1.82, 2.24) is 4.90 Å². The van der Waals surface area contributed by atoms with Crippen molar-refractivity contribution < 1.29 is 18.4 Å². The van der Waals surface area contributed by atoms with Crippen LogP contribution in [0, 0.1) is 11.6 Å². The summed E-state index contributed by atoms with van der Waals surface area (Å²) < 4.78 is 27.8. The molecule has 1 aliphatic heterocycles. The van der Waals surface area contributed by atoms with Gasteiger partial charge in [0.05, 0.1) is 6.04 Å². The predicted octanol–water partition coefficient (Wildman–Crippen LogP) is 6.06. The van der Waals surface area contributed by atoms with Crippen molar-refractivity contribution in [2.45, 2.75) is 37.3 Å². The standard InChI is InChI=1S/C26H22F2N4O2/c27-20-14-12-18(13-15-20)24(19-8-4-9-21(28)16-19)25(30-31-29)26(34)32-22(10-5-11-23(32)33)17-6-2-1-3-7-17/h1-4,6-9,12-16,22,24-25H,5,10-11H2/t22-,24-,25+/m1/s1. The Morgan fingerprint density at radius 3 is 2.38 bits per heavy atom. The van der Waals surface area contributed by atoms with Crippen LogP contribution in [0.1, 0.15) is 47.9 Å². The van der Waals surface area contributed by atoms with E-state index in [2.05, 4.69) is 10.0 Å². The third-order valence-corrected chi connectivity index (χ3v) is 6.05. The zero-order chi connectivity index (χ0) is 24.1. The molecule has 0 aliphatic carbocycles. The highest BCUT2D eigenvalue weighted by Gasteiger charge is 2.41. The van der Waals surface area contributed by atoms with Crippen LogP contribution in [-0.4, -0.2) is 22.8 Å². The van der Waals surface area contributed by atoms with Crippen LogP contribution in [0.3, 0.4) is 0 Å². The van der Waals surface area contributed by atoms with E-state index in [4.69, 9.17) is 0 Å². The lowest BCUT2D eigenvalue weighted by Gasteiger charge is -2.37. The van der Waals surface area contributed by atoms with E-state index in [1.54, 1.807) is 6.07 Å². The molecular formula is C26H22F2N4O2. The van der Waals surface area contributed by atoms with Crippen molar-refractivity contribution >= 4 is 11.8 Å². The topological polar surface area (TPSA) is 86.1 Å². The quantitative estimate of drug-likeness (QED) is 0.254. The second-order valence-electron chi connectivity index (χ2n) is 8.15. The average Bonchev–Trinajstić information content (AvgIpc) is 2.85. The van der Waals surface area contributed by atoms with Crippen LogP contribution in [0.4, 0.5) is 8.78 Å². The highest BCUT2D eigenvalue weighted by molar-refractivity contribution is 5.99. The molecule has 1 saturated heterocycles. The van der Waals surface area contributed by atoms with Gasteiger partial charge in [-0.1, -0.05) is 59.7 Å². The average molecular weight is 460 g/mol. The van der Waals surface area contributed by atoms with E-state index in [1.165, 1.54) is 47.4 Å². The largest absolute Gasteiger partial charge is 0.275 e. The first-order valence-corrected chi connectivity index (χ1v) is 11.0. The monoisotopic (exact) mass is 460 g/mol. The first kappa shape index (κ1) is 23.1. The SMILES string of the molecule is [N-]=[N+]=N[C@H](C(=O)N1C(=O)CCC[C@@H]1c1ccccc1)[C@H](c1ccc(F)cc1)c1cccc(F)c1. The van der Waals surface area contributed by atoms with Gasteiger partial charge >= 0.3 is 0 Å². The van der Waals surface area contributed by atoms with Crippen molar-refractivity contribution in [1.29, 1.82) is 0 Å². The first-order valence-electron chi connectivity index (χ1n) is 11.0.